The molecule has 1 aliphatic rings. The first-order valence-electron chi connectivity index (χ1n) is 8.21. The van der Waals surface area contributed by atoms with Gasteiger partial charge in [0.15, 0.2) is 0 Å². The Morgan fingerprint density at radius 3 is 2.79 bits per heavy atom. The van der Waals surface area contributed by atoms with Gasteiger partial charge in [-0.2, -0.15) is 0 Å². The summed E-state index contributed by atoms with van der Waals surface area (Å²) < 4.78 is 6.00. The molecule has 2 N–H and O–H groups in total. The lowest BCUT2D eigenvalue weighted by Gasteiger charge is -2.06. The summed E-state index contributed by atoms with van der Waals surface area (Å²) in [5.41, 5.74) is 5.88. The molecular formula is C21H20N2O. The number of rotatable bonds is 4. The van der Waals surface area contributed by atoms with Crippen molar-refractivity contribution < 1.29 is 4.74 Å². The average molecular weight is 316 g/mol. The van der Waals surface area contributed by atoms with Gasteiger partial charge in [0.25, 0.3) is 0 Å². The summed E-state index contributed by atoms with van der Waals surface area (Å²) >= 11 is 0. The molecule has 24 heavy (non-hydrogen) atoms. The van der Waals surface area contributed by atoms with Gasteiger partial charge in [-0.05, 0) is 29.7 Å². The molecule has 0 saturated carbocycles. The van der Waals surface area contributed by atoms with Crippen LogP contribution in [0.4, 0.5) is 5.69 Å². The molecule has 3 aromatic rings. The fraction of sp³-hybridized carbons (Fsp3) is 0.143. The predicted octanol–water partition coefficient (Wildman–Crippen LogP) is 4.88. The molecule has 0 atom stereocenters. The van der Waals surface area contributed by atoms with Crippen molar-refractivity contribution >= 4 is 22.7 Å². The molecule has 0 bridgehead atoms. The Balaban J connectivity index is 1.67. The number of aromatic amines is 1. The normalized spacial score (nSPS) is 13.3. The summed E-state index contributed by atoms with van der Waals surface area (Å²) in [6.07, 6.45) is 7.23. The highest BCUT2D eigenvalue weighted by molar-refractivity contribution is 5.96. The van der Waals surface area contributed by atoms with Gasteiger partial charge in [-0.15, -0.1) is 0 Å². The van der Waals surface area contributed by atoms with E-state index in [1.54, 1.807) is 0 Å². The lowest BCUT2D eigenvalue weighted by molar-refractivity contribution is 0.214. The van der Waals surface area contributed by atoms with Crippen LogP contribution in [0.5, 0.6) is 0 Å². The van der Waals surface area contributed by atoms with Crippen molar-refractivity contribution in [3.05, 3.63) is 83.3 Å². The third-order valence-corrected chi connectivity index (χ3v) is 4.38. The van der Waals surface area contributed by atoms with Crippen molar-refractivity contribution in [1.29, 1.82) is 0 Å². The Kier molecular flexibility index (Phi) is 3.83. The molecule has 1 aromatic heterocycles. The number of allylic oxidation sites excluding steroid dienone is 2. The van der Waals surface area contributed by atoms with Gasteiger partial charge in [0, 0.05) is 24.2 Å². The van der Waals surface area contributed by atoms with Crippen LogP contribution < -0.4 is 5.32 Å². The zero-order chi connectivity index (χ0) is 16.4. The molecule has 3 nitrogen and oxygen atoms in total. The molecule has 0 unspecified atom stereocenters. The smallest absolute Gasteiger partial charge is 0.121 e. The van der Waals surface area contributed by atoms with Gasteiger partial charge in [-0.25, -0.2) is 0 Å². The van der Waals surface area contributed by atoms with E-state index in [9.17, 15) is 0 Å². The minimum Gasteiger partial charge on any atom is -0.489 e. The van der Waals surface area contributed by atoms with Crippen molar-refractivity contribution in [2.75, 3.05) is 12.4 Å². The first kappa shape index (κ1) is 14.6. The molecule has 1 heterocycles. The zero-order valence-electron chi connectivity index (χ0n) is 13.7. The fourth-order valence-corrected chi connectivity index (χ4v) is 3.16. The SMILES string of the molecule is CNc1cccc2c3c([nH]c12)C=C(OCc1ccccc1)C=CC3. The number of benzene rings is 2. The maximum absolute atomic E-state index is 6.00. The van der Waals surface area contributed by atoms with Crippen LogP contribution in [0.25, 0.3) is 17.0 Å². The average Bonchev–Trinajstić information content (AvgIpc) is 2.85. The molecule has 3 heteroatoms. The van der Waals surface area contributed by atoms with Crippen LogP contribution >= 0.6 is 0 Å². The van der Waals surface area contributed by atoms with E-state index < -0.39 is 0 Å². The maximum Gasteiger partial charge on any atom is 0.121 e. The van der Waals surface area contributed by atoms with E-state index >= 15 is 0 Å². The number of H-pyrrole nitrogens is 1. The second-order valence-corrected chi connectivity index (χ2v) is 5.92. The van der Waals surface area contributed by atoms with Crippen LogP contribution in [0, 0.1) is 0 Å². The number of para-hydroxylation sites is 1. The Labute approximate surface area is 141 Å². The molecule has 0 saturated heterocycles. The van der Waals surface area contributed by atoms with Gasteiger partial charge in [0.2, 0.25) is 0 Å². The number of hydrogen-bond acceptors (Lipinski definition) is 2. The van der Waals surface area contributed by atoms with Crippen LogP contribution in [0.3, 0.4) is 0 Å². The maximum atomic E-state index is 6.00. The summed E-state index contributed by atoms with van der Waals surface area (Å²) in [6, 6.07) is 16.6. The van der Waals surface area contributed by atoms with E-state index in [0.717, 1.165) is 29.1 Å². The number of aromatic nitrogens is 1. The van der Waals surface area contributed by atoms with Gasteiger partial charge in [-0.1, -0.05) is 48.5 Å². The zero-order valence-corrected chi connectivity index (χ0v) is 13.7. The third kappa shape index (κ3) is 2.69. The third-order valence-electron chi connectivity index (χ3n) is 4.38. The second-order valence-electron chi connectivity index (χ2n) is 5.92. The molecular weight excluding hydrogens is 296 g/mol. The summed E-state index contributed by atoms with van der Waals surface area (Å²) in [7, 11) is 1.95. The minimum absolute atomic E-state index is 0.578. The van der Waals surface area contributed by atoms with Crippen molar-refractivity contribution in [1.82, 2.24) is 4.98 Å². The Morgan fingerprint density at radius 2 is 1.96 bits per heavy atom. The lowest BCUT2D eigenvalue weighted by atomic mass is 10.1. The Morgan fingerprint density at radius 1 is 1.08 bits per heavy atom. The molecule has 0 spiro atoms. The standard InChI is InChI=1S/C21H20N2O/c1-22-19-12-6-11-18-17-10-5-9-16(13-20(17)23-21(18)19)24-14-15-7-3-2-4-8-15/h2-9,11-13,22-23H,10,14H2,1H3. The monoisotopic (exact) mass is 316 g/mol. The lowest BCUT2D eigenvalue weighted by Crippen LogP contribution is -1.91. The van der Waals surface area contributed by atoms with Gasteiger partial charge in [-0.3, -0.25) is 0 Å². The summed E-state index contributed by atoms with van der Waals surface area (Å²) in [6.45, 7) is 0.578. The van der Waals surface area contributed by atoms with Crippen molar-refractivity contribution in [3.63, 3.8) is 0 Å². The molecule has 0 amide bonds. The van der Waals surface area contributed by atoms with Crippen LogP contribution in [0.2, 0.25) is 0 Å². The van der Waals surface area contributed by atoms with E-state index in [1.807, 2.05) is 25.2 Å². The van der Waals surface area contributed by atoms with Crippen molar-refractivity contribution in [2.45, 2.75) is 13.0 Å². The molecule has 0 aliphatic heterocycles. The Hall–Kier alpha value is -2.94. The first-order valence-corrected chi connectivity index (χ1v) is 8.21. The summed E-state index contributed by atoms with van der Waals surface area (Å²) in [4.78, 5) is 3.54. The fourth-order valence-electron chi connectivity index (χ4n) is 3.16. The second kappa shape index (κ2) is 6.28. The number of ether oxygens (including phenoxy) is 1. The van der Waals surface area contributed by atoms with Crippen LogP contribution in [-0.2, 0) is 17.8 Å². The largest absolute Gasteiger partial charge is 0.489 e. The summed E-state index contributed by atoms with van der Waals surface area (Å²) in [5, 5.41) is 4.52. The van der Waals surface area contributed by atoms with Crippen LogP contribution in [0.15, 0.2) is 66.4 Å². The highest BCUT2D eigenvalue weighted by Gasteiger charge is 2.14. The molecule has 0 fully saturated rings. The minimum atomic E-state index is 0.578. The Bertz CT molecular complexity index is 920. The van der Waals surface area contributed by atoms with Crippen LogP contribution in [-0.4, -0.2) is 12.0 Å². The molecule has 2 aromatic carbocycles. The first-order chi connectivity index (χ1) is 11.8. The van der Waals surface area contributed by atoms with E-state index in [4.69, 9.17) is 4.74 Å². The molecule has 1 aliphatic carbocycles. The number of anilines is 1. The van der Waals surface area contributed by atoms with Gasteiger partial charge >= 0.3 is 0 Å². The summed E-state index contributed by atoms with van der Waals surface area (Å²) in [5.74, 6) is 0.884. The van der Waals surface area contributed by atoms with Crippen LogP contribution in [0.1, 0.15) is 16.8 Å². The van der Waals surface area contributed by atoms with E-state index in [0.29, 0.717) is 6.61 Å². The number of fused-ring (bicyclic) bond motifs is 3. The van der Waals surface area contributed by atoms with Crippen molar-refractivity contribution in [3.8, 4) is 0 Å². The van der Waals surface area contributed by atoms with Gasteiger partial charge < -0.3 is 15.0 Å². The molecule has 0 radical (unpaired) electrons. The van der Waals surface area contributed by atoms with Gasteiger partial charge in [0.1, 0.15) is 12.4 Å². The number of hydrogen-bond donors (Lipinski definition) is 2. The predicted molar refractivity (Wildman–Crippen MR) is 99.9 cm³/mol. The molecule has 120 valence electrons. The number of nitrogens with one attached hydrogen (secondary N) is 2. The topological polar surface area (TPSA) is 37.0 Å². The van der Waals surface area contributed by atoms with E-state index in [1.165, 1.54) is 16.5 Å². The van der Waals surface area contributed by atoms with E-state index in [2.05, 4.69) is 58.9 Å². The van der Waals surface area contributed by atoms with E-state index in [-0.39, 0.29) is 0 Å². The highest BCUT2D eigenvalue weighted by atomic mass is 16.5. The van der Waals surface area contributed by atoms with Crippen molar-refractivity contribution in [2.24, 2.45) is 0 Å². The van der Waals surface area contributed by atoms with Gasteiger partial charge in [0.05, 0.1) is 11.2 Å². The molecule has 4 rings (SSSR count). The quantitative estimate of drug-likeness (QED) is 0.720. The highest BCUT2D eigenvalue weighted by Crippen LogP contribution is 2.31.